The van der Waals surface area contributed by atoms with Crippen molar-refractivity contribution in [3.05, 3.63) is 53.1 Å². The summed E-state index contributed by atoms with van der Waals surface area (Å²) >= 11 is 1.48. The lowest BCUT2D eigenvalue weighted by Gasteiger charge is -2.21. The monoisotopic (exact) mass is 473 g/mol. The first-order valence-electron chi connectivity index (χ1n) is 10.7. The highest BCUT2D eigenvalue weighted by molar-refractivity contribution is 7.91. The molecular weight excluding hydrogens is 442 g/mol. The van der Waals surface area contributed by atoms with Crippen LogP contribution >= 0.6 is 11.3 Å². The molecule has 2 aromatic carbocycles. The normalized spacial score (nSPS) is 11.9. The highest BCUT2D eigenvalue weighted by Crippen LogP contribution is 2.31. The molecule has 1 heterocycles. The molecule has 172 valence electrons. The molecule has 0 saturated heterocycles. The molecule has 0 radical (unpaired) electrons. The van der Waals surface area contributed by atoms with Crippen molar-refractivity contribution >= 4 is 42.4 Å². The Morgan fingerprint density at radius 3 is 2.31 bits per heavy atom. The lowest BCUT2D eigenvalue weighted by Crippen LogP contribution is -2.34. The fraction of sp³-hybridized carbons (Fsp3) is 0.417. The third kappa shape index (κ3) is 5.94. The SMILES string of the molecule is Cc1ccc(S(=O)(=O)CCC(=O)N(CCCN(C)C)c2nc3cc(C)c(C)cc3s2)cc1. The van der Waals surface area contributed by atoms with E-state index in [-0.39, 0.29) is 23.0 Å². The van der Waals surface area contributed by atoms with Crippen LogP contribution in [0, 0.1) is 20.8 Å². The third-order valence-corrected chi connectivity index (χ3v) is 8.25. The fourth-order valence-electron chi connectivity index (χ4n) is 3.38. The summed E-state index contributed by atoms with van der Waals surface area (Å²) in [7, 11) is 0.449. The summed E-state index contributed by atoms with van der Waals surface area (Å²) in [6, 6.07) is 10.9. The molecule has 1 aromatic heterocycles. The number of amides is 1. The van der Waals surface area contributed by atoms with E-state index in [2.05, 4.69) is 17.9 Å². The molecule has 0 aliphatic heterocycles. The van der Waals surface area contributed by atoms with E-state index in [0.717, 1.165) is 34.3 Å². The maximum atomic E-state index is 13.2. The van der Waals surface area contributed by atoms with Crippen LogP contribution in [-0.4, -0.2) is 57.1 Å². The molecule has 8 heteroatoms. The van der Waals surface area contributed by atoms with Crippen LogP contribution in [0.3, 0.4) is 0 Å². The number of fused-ring (bicyclic) bond motifs is 1. The number of anilines is 1. The molecule has 0 N–H and O–H groups in total. The van der Waals surface area contributed by atoms with Gasteiger partial charge >= 0.3 is 0 Å². The van der Waals surface area contributed by atoms with Gasteiger partial charge in [0.15, 0.2) is 15.0 Å². The summed E-state index contributed by atoms with van der Waals surface area (Å²) in [4.78, 5) is 21.9. The van der Waals surface area contributed by atoms with Gasteiger partial charge in [-0.25, -0.2) is 13.4 Å². The molecule has 0 aliphatic carbocycles. The van der Waals surface area contributed by atoms with Crippen molar-refractivity contribution in [3.63, 3.8) is 0 Å². The Morgan fingerprint density at radius 1 is 1.00 bits per heavy atom. The Morgan fingerprint density at radius 2 is 1.66 bits per heavy atom. The van der Waals surface area contributed by atoms with Gasteiger partial charge in [-0.15, -0.1) is 0 Å². The van der Waals surface area contributed by atoms with Gasteiger partial charge in [-0.1, -0.05) is 29.0 Å². The average Bonchev–Trinajstić information content (AvgIpc) is 3.12. The molecule has 6 nitrogen and oxygen atoms in total. The molecule has 1 amide bonds. The number of nitrogens with zero attached hydrogens (tertiary/aromatic N) is 3. The first kappa shape index (κ1) is 24.4. The van der Waals surface area contributed by atoms with Gasteiger partial charge in [-0.05, 0) is 83.2 Å². The molecule has 3 aromatic rings. The minimum Gasteiger partial charge on any atom is -0.309 e. The Hall–Kier alpha value is -2.29. The van der Waals surface area contributed by atoms with Crippen molar-refractivity contribution in [2.45, 2.75) is 38.5 Å². The largest absolute Gasteiger partial charge is 0.309 e. The number of aromatic nitrogens is 1. The second-order valence-electron chi connectivity index (χ2n) is 8.48. The van der Waals surface area contributed by atoms with Crippen molar-refractivity contribution < 1.29 is 13.2 Å². The van der Waals surface area contributed by atoms with E-state index in [0.29, 0.717) is 11.7 Å². The highest BCUT2D eigenvalue weighted by Gasteiger charge is 2.23. The van der Waals surface area contributed by atoms with Crippen LogP contribution < -0.4 is 4.90 Å². The van der Waals surface area contributed by atoms with Gasteiger partial charge in [0.25, 0.3) is 0 Å². The lowest BCUT2D eigenvalue weighted by molar-refractivity contribution is -0.118. The zero-order valence-electron chi connectivity index (χ0n) is 19.4. The summed E-state index contributed by atoms with van der Waals surface area (Å²) in [6.07, 6.45) is 0.698. The van der Waals surface area contributed by atoms with Crippen molar-refractivity contribution in [3.8, 4) is 0 Å². The number of sulfone groups is 1. The first-order valence-corrected chi connectivity index (χ1v) is 13.2. The molecule has 0 spiro atoms. The zero-order valence-corrected chi connectivity index (χ0v) is 21.0. The first-order chi connectivity index (χ1) is 15.1. The number of rotatable bonds is 9. The van der Waals surface area contributed by atoms with E-state index in [1.165, 1.54) is 16.9 Å². The van der Waals surface area contributed by atoms with Gasteiger partial charge in [0.05, 0.1) is 20.9 Å². The van der Waals surface area contributed by atoms with E-state index in [4.69, 9.17) is 4.98 Å². The van der Waals surface area contributed by atoms with Gasteiger partial charge in [0.1, 0.15) is 0 Å². The molecular formula is C24H31N3O3S2. The number of thiazole rings is 1. The number of hydrogen-bond donors (Lipinski definition) is 0. The van der Waals surface area contributed by atoms with Crippen LogP contribution in [0.4, 0.5) is 5.13 Å². The fourth-order valence-corrected chi connectivity index (χ4v) is 5.69. The second kappa shape index (κ2) is 10.1. The quantitative estimate of drug-likeness (QED) is 0.462. The number of aryl methyl sites for hydroxylation is 3. The van der Waals surface area contributed by atoms with Gasteiger partial charge in [-0.2, -0.15) is 0 Å². The summed E-state index contributed by atoms with van der Waals surface area (Å²) in [5.74, 6) is -0.436. The smallest absolute Gasteiger partial charge is 0.229 e. The van der Waals surface area contributed by atoms with Gasteiger partial charge in [-0.3, -0.25) is 9.69 Å². The topological polar surface area (TPSA) is 70.6 Å². The zero-order chi connectivity index (χ0) is 23.5. The van der Waals surface area contributed by atoms with Crippen LogP contribution in [0.5, 0.6) is 0 Å². The van der Waals surface area contributed by atoms with Crippen molar-refractivity contribution in [2.24, 2.45) is 0 Å². The number of benzene rings is 2. The molecule has 0 atom stereocenters. The number of hydrogen-bond acceptors (Lipinski definition) is 6. The van der Waals surface area contributed by atoms with Crippen molar-refractivity contribution in [1.82, 2.24) is 9.88 Å². The van der Waals surface area contributed by atoms with E-state index in [9.17, 15) is 13.2 Å². The lowest BCUT2D eigenvalue weighted by atomic mass is 10.1. The third-order valence-electron chi connectivity index (χ3n) is 5.48. The number of carbonyl (C=O) groups is 1. The van der Waals surface area contributed by atoms with Crippen LogP contribution in [0.2, 0.25) is 0 Å². The molecule has 0 saturated carbocycles. The Kier molecular flexibility index (Phi) is 7.69. The molecule has 3 rings (SSSR count). The maximum absolute atomic E-state index is 13.2. The van der Waals surface area contributed by atoms with Gasteiger partial charge < -0.3 is 4.90 Å². The molecule has 0 unspecified atom stereocenters. The molecule has 0 aliphatic rings. The second-order valence-corrected chi connectivity index (χ2v) is 11.6. The predicted molar refractivity (Wildman–Crippen MR) is 132 cm³/mol. The van der Waals surface area contributed by atoms with E-state index in [1.807, 2.05) is 34.0 Å². The van der Waals surface area contributed by atoms with Crippen LogP contribution in [-0.2, 0) is 14.6 Å². The Balaban J connectivity index is 1.81. The van der Waals surface area contributed by atoms with Crippen LogP contribution in [0.25, 0.3) is 10.2 Å². The van der Waals surface area contributed by atoms with E-state index in [1.54, 1.807) is 29.2 Å². The highest BCUT2D eigenvalue weighted by atomic mass is 32.2. The number of carbonyl (C=O) groups excluding carboxylic acids is 1. The minimum absolute atomic E-state index is 0.0772. The molecule has 32 heavy (non-hydrogen) atoms. The summed E-state index contributed by atoms with van der Waals surface area (Å²) < 4.78 is 26.5. The standard InChI is InChI=1S/C24H31N3O3S2/c1-17-7-9-20(10-8-17)32(29,30)14-11-23(28)27(13-6-12-26(4)5)24-25-21-15-18(2)19(3)16-22(21)31-24/h7-10,15-16H,6,11-14H2,1-5H3. The molecule has 0 fully saturated rings. The van der Waals surface area contributed by atoms with E-state index < -0.39 is 9.84 Å². The van der Waals surface area contributed by atoms with E-state index >= 15 is 0 Å². The van der Waals surface area contributed by atoms with Gasteiger partial charge in [0.2, 0.25) is 5.91 Å². The van der Waals surface area contributed by atoms with Crippen LogP contribution in [0.1, 0.15) is 29.5 Å². The summed E-state index contributed by atoms with van der Waals surface area (Å²) in [5, 5.41) is 0.626. The van der Waals surface area contributed by atoms with Crippen LogP contribution in [0.15, 0.2) is 41.3 Å². The minimum atomic E-state index is -3.53. The molecule has 0 bridgehead atoms. The summed E-state index contributed by atoms with van der Waals surface area (Å²) in [5.41, 5.74) is 4.20. The Labute approximate surface area is 194 Å². The van der Waals surface area contributed by atoms with Crippen molar-refractivity contribution in [1.29, 1.82) is 0 Å². The Bertz CT molecular complexity index is 1160. The predicted octanol–water partition coefficient (Wildman–Crippen LogP) is 4.37. The average molecular weight is 474 g/mol. The van der Waals surface area contributed by atoms with Gasteiger partial charge in [0, 0.05) is 13.0 Å². The van der Waals surface area contributed by atoms with Crippen molar-refractivity contribution in [2.75, 3.05) is 37.8 Å². The maximum Gasteiger partial charge on any atom is 0.229 e. The summed E-state index contributed by atoms with van der Waals surface area (Å²) in [6.45, 7) is 7.34.